The Balaban J connectivity index is 2.05. The standard InChI is InChI=1S/C21H25F2N3O5/c1-24-21(25-11-13-5-7-16(19(27)30-4)18(9-13)29-3)26-12-14-10-15(28-2)6-8-17(14)31-20(22)23/h5-10,20H,11-12H2,1-4H3,(H2,24,25,26). The number of nitrogens with one attached hydrogen (secondary N) is 2. The first-order chi connectivity index (χ1) is 14.9. The van der Waals surface area contributed by atoms with Crippen molar-refractivity contribution < 1.29 is 32.5 Å². The number of esters is 1. The lowest BCUT2D eigenvalue weighted by molar-refractivity contribution is -0.0505. The van der Waals surface area contributed by atoms with Crippen molar-refractivity contribution in [3.8, 4) is 17.2 Å². The molecule has 0 saturated carbocycles. The van der Waals surface area contributed by atoms with Gasteiger partial charge >= 0.3 is 12.6 Å². The molecule has 0 aromatic heterocycles. The number of guanidine groups is 1. The zero-order valence-corrected chi connectivity index (χ0v) is 17.7. The van der Waals surface area contributed by atoms with E-state index in [-0.39, 0.29) is 12.3 Å². The van der Waals surface area contributed by atoms with E-state index in [4.69, 9.17) is 14.2 Å². The van der Waals surface area contributed by atoms with Crippen molar-refractivity contribution in [2.75, 3.05) is 28.4 Å². The van der Waals surface area contributed by atoms with Crippen molar-refractivity contribution in [2.45, 2.75) is 19.7 Å². The number of aliphatic imine (C=N–C) groups is 1. The molecule has 0 fully saturated rings. The van der Waals surface area contributed by atoms with Gasteiger partial charge in [-0.2, -0.15) is 8.78 Å². The number of methoxy groups -OCH3 is 3. The summed E-state index contributed by atoms with van der Waals surface area (Å²) in [5.74, 6) is 0.885. The summed E-state index contributed by atoms with van der Waals surface area (Å²) in [5.41, 5.74) is 1.63. The van der Waals surface area contributed by atoms with Gasteiger partial charge in [0.1, 0.15) is 22.8 Å². The largest absolute Gasteiger partial charge is 0.497 e. The van der Waals surface area contributed by atoms with E-state index in [1.807, 2.05) is 0 Å². The van der Waals surface area contributed by atoms with Gasteiger partial charge in [0.25, 0.3) is 0 Å². The molecule has 0 heterocycles. The first kappa shape index (κ1) is 23.7. The summed E-state index contributed by atoms with van der Waals surface area (Å²) in [6.07, 6.45) is 0. The Hall–Kier alpha value is -3.56. The van der Waals surface area contributed by atoms with Crippen LogP contribution in [0.3, 0.4) is 0 Å². The lowest BCUT2D eigenvalue weighted by Crippen LogP contribution is -2.36. The van der Waals surface area contributed by atoms with Crippen LogP contribution >= 0.6 is 0 Å². The second-order valence-electron chi connectivity index (χ2n) is 6.16. The summed E-state index contributed by atoms with van der Waals surface area (Å²) in [6, 6.07) is 9.65. The Labute approximate surface area is 179 Å². The molecule has 0 aliphatic heterocycles. The first-order valence-corrected chi connectivity index (χ1v) is 9.23. The minimum absolute atomic E-state index is 0.0434. The van der Waals surface area contributed by atoms with E-state index in [1.165, 1.54) is 27.4 Å². The van der Waals surface area contributed by atoms with Crippen molar-refractivity contribution in [2.24, 2.45) is 4.99 Å². The summed E-state index contributed by atoms with van der Waals surface area (Å²) >= 11 is 0. The molecule has 0 aliphatic rings. The van der Waals surface area contributed by atoms with Crippen LogP contribution in [0, 0.1) is 0 Å². The second kappa shape index (κ2) is 11.6. The molecule has 2 aromatic carbocycles. The Morgan fingerprint density at radius 1 is 1.00 bits per heavy atom. The van der Waals surface area contributed by atoms with Crippen LogP contribution in [0.4, 0.5) is 8.78 Å². The highest BCUT2D eigenvalue weighted by molar-refractivity contribution is 5.92. The molecule has 0 amide bonds. The van der Waals surface area contributed by atoms with E-state index >= 15 is 0 Å². The first-order valence-electron chi connectivity index (χ1n) is 9.23. The molecule has 0 bridgehead atoms. The van der Waals surface area contributed by atoms with Crippen molar-refractivity contribution in [3.05, 3.63) is 53.1 Å². The summed E-state index contributed by atoms with van der Waals surface area (Å²) < 4.78 is 45.0. The van der Waals surface area contributed by atoms with Crippen LogP contribution < -0.4 is 24.8 Å². The van der Waals surface area contributed by atoms with E-state index in [0.29, 0.717) is 35.1 Å². The normalized spacial score (nSPS) is 11.1. The molecule has 2 rings (SSSR count). The van der Waals surface area contributed by atoms with Gasteiger partial charge in [-0.05, 0) is 35.9 Å². The highest BCUT2D eigenvalue weighted by Gasteiger charge is 2.14. The van der Waals surface area contributed by atoms with Gasteiger partial charge < -0.3 is 29.6 Å². The Kier molecular flexibility index (Phi) is 8.86. The van der Waals surface area contributed by atoms with Gasteiger partial charge in [-0.15, -0.1) is 0 Å². The molecule has 0 atom stereocenters. The molecular formula is C21H25F2N3O5. The molecule has 0 aliphatic carbocycles. The maximum Gasteiger partial charge on any atom is 0.387 e. The predicted octanol–water partition coefficient (Wildman–Crippen LogP) is 2.96. The maximum absolute atomic E-state index is 12.7. The molecule has 0 unspecified atom stereocenters. The molecule has 31 heavy (non-hydrogen) atoms. The number of rotatable bonds is 9. The number of carbonyl (C=O) groups is 1. The van der Waals surface area contributed by atoms with Crippen molar-refractivity contribution in [1.82, 2.24) is 10.6 Å². The summed E-state index contributed by atoms with van der Waals surface area (Å²) in [5, 5.41) is 6.15. The highest BCUT2D eigenvalue weighted by Crippen LogP contribution is 2.25. The summed E-state index contributed by atoms with van der Waals surface area (Å²) in [4.78, 5) is 15.9. The quantitative estimate of drug-likeness (QED) is 0.354. The summed E-state index contributed by atoms with van der Waals surface area (Å²) in [7, 11) is 5.83. The van der Waals surface area contributed by atoms with Crippen LogP contribution in [0.1, 0.15) is 21.5 Å². The van der Waals surface area contributed by atoms with E-state index in [0.717, 1.165) is 5.56 Å². The molecule has 0 radical (unpaired) electrons. The minimum atomic E-state index is -2.94. The Morgan fingerprint density at radius 3 is 2.35 bits per heavy atom. The molecule has 10 heteroatoms. The minimum Gasteiger partial charge on any atom is -0.497 e. The number of carbonyl (C=O) groups excluding carboxylic acids is 1. The number of ether oxygens (including phenoxy) is 4. The van der Waals surface area contributed by atoms with E-state index in [1.54, 1.807) is 37.4 Å². The smallest absolute Gasteiger partial charge is 0.387 e. The number of halogens is 2. The SMILES string of the molecule is CN=C(NCc1ccc(C(=O)OC)c(OC)c1)NCc1cc(OC)ccc1OC(F)F. The number of benzene rings is 2. The van der Waals surface area contributed by atoms with E-state index in [9.17, 15) is 13.6 Å². The average Bonchev–Trinajstić information content (AvgIpc) is 2.78. The number of hydrogen-bond donors (Lipinski definition) is 2. The van der Waals surface area contributed by atoms with Crippen LogP contribution in [-0.4, -0.2) is 46.9 Å². The van der Waals surface area contributed by atoms with Gasteiger partial charge in [0.15, 0.2) is 5.96 Å². The highest BCUT2D eigenvalue weighted by atomic mass is 19.3. The molecule has 168 valence electrons. The molecule has 0 spiro atoms. The Morgan fingerprint density at radius 2 is 1.74 bits per heavy atom. The molecule has 8 nitrogen and oxygen atoms in total. The van der Waals surface area contributed by atoms with Gasteiger partial charge in [0.05, 0.1) is 21.3 Å². The fraction of sp³-hybridized carbons (Fsp3) is 0.333. The van der Waals surface area contributed by atoms with Gasteiger partial charge in [-0.1, -0.05) is 6.07 Å². The lowest BCUT2D eigenvalue weighted by atomic mass is 10.1. The number of hydrogen-bond acceptors (Lipinski definition) is 6. The van der Waals surface area contributed by atoms with Crippen LogP contribution in [-0.2, 0) is 17.8 Å². The van der Waals surface area contributed by atoms with Crippen LogP contribution in [0.15, 0.2) is 41.4 Å². The number of alkyl halides is 2. The van der Waals surface area contributed by atoms with E-state index < -0.39 is 12.6 Å². The molecular weight excluding hydrogens is 412 g/mol. The second-order valence-corrected chi connectivity index (χ2v) is 6.16. The van der Waals surface area contributed by atoms with Crippen LogP contribution in [0.25, 0.3) is 0 Å². The maximum atomic E-state index is 12.7. The zero-order valence-electron chi connectivity index (χ0n) is 17.7. The van der Waals surface area contributed by atoms with Gasteiger partial charge in [0.2, 0.25) is 0 Å². The van der Waals surface area contributed by atoms with Gasteiger partial charge in [-0.25, -0.2) is 4.79 Å². The van der Waals surface area contributed by atoms with Crippen molar-refractivity contribution in [1.29, 1.82) is 0 Å². The third kappa shape index (κ3) is 6.73. The lowest BCUT2D eigenvalue weighted by Gasteiger charge is -2.16. The fourth-order valence-corrected chi connectivity index (χ4v) is 2.74. The van der Waals surface area contributed by atoms with Gasteiger partial charge in [-0.3, -0.25) is 4.99 Å². The third-order valence-electron chi connectivity index (χ3n) is 4.28. The monoisotopic (exact) mass is 437 g/mol. The van der Waals surface area contributed by atoms with Crippen LogP contribution in [0.5, 0.6) is 17.2 Å². The molecule has 2 aromatic rings. The van der Waals surface area contributed by atoms with Crippen LogP contribution in [0.2, 0.25) is 0 Å². The number of nitrogens with zero attached hydrogens (tertiary/aromatic N) is 1. The molecule has 2 N–H and O–H groups in total. The van der Waals surface area contributed by atoms with Gasteiger partial charge in [0, 0.05) is 25.7 Å². The van der Waals surface area contributed by atoms with E-state index in [2.05, 4.69) is 20.4 Å². The third-order valence-corrected chi connectivity index (χ3v) is 4.28. The predicted molar refractivity (Wildman–Crippen MR) is 111 cm³/mol. The topological polar surface area (TPSA) is 90.4 Å². The molecule has 0 saturated heterocycles. The van der Waals surface area contributed by atoms with Crippen molar-refractivity contribution >= 4 is 11.9 Å². The van der Waals surface area contributed by atoms with Crippen molar-refractivity contribution in [3.63, 3.8) is 0 Å². The average molecular weight is 437 g/mol. The fourth-order valence-electron chi connectivity index (χ4n) is 2.74. The zero-order chi connectivity index (χ0) is 22.8. The summed E-state index contributed by atoms with van der Waals surface area (Å²) in [6.45, 7) is -2.40. The Bertz CT molecular complexity index is 922.